The van der Waals surface area contributed by atoms with Gasteiger partial charge in [-0.3, -0.25) is 0 Å². The number of rotatable bonds is 8. The van der Waals surface area contributed by atoms with Crippen LogP contribution in [0.4, 0.5) is 0 Å². The van der Waals surface area contributed by atoms with Crippen molar-refractivity contribution in [3.63, 3.8) is 0 Å². The van der Waals surface area contributed by atoms with E-state index in [0.717, 1.165) is 0 Å². The molecule has 0 heterocycles. The Morgan fingerprint density at radius 3 is 0.750 bits per heavy atom. The molecular formula is C76H48. The standard InChI is InChI=1S/C76H48/c1-5-20-49(21-6-1)53-28-19-29-54(46-53)71-47-72(64-39-36-55(50-22-7-2-8-23-50)58-30-13-16-33-61(58)64)68-44-45-70-74(66-41-38-57(52-26-11-4-12-27-52)60-32-15-18-35-63(60)66)48-73(69-43-42-67(71)75(68)76(69)70)65-40-37-56(51-24-9-3-10-25-51)59-31-14-17-34-62(59)65/h1-48H. The molecule has 0 aliphatic carbocycles. The monoisotopic (exact) mass is 960 g/mol. The average Bonchev–Trinajstić information content (AvgIpc) is 3.52. The highest BCUT2D eigenvalue weighted by atomic mass is 14.3. The number of benzene rings is 15. The van der Waals surface area contributed by atoms with Crippen LogP contribution < -0.4 is 0 Å². The van der Waals surface area contributed by atoms with E-state index in [-0.39, 0.29) is 0 Å². The minimum Gasteiger partial charge on any atom is -0.0622 e. The molecule has 76 heavy (non-hydrogen) atoms. The molecule has 0 heteroatoms. The second-order valence-electron chi connectivity index (χ2n) is 20.2. The highest BCUT2D eigenvalue weighted by Gasteiger charge is 2.24. The number of hydrogen-bond donors (Lipinski definition) is 0. The van der Waals surface area contributed by atoms with Crippen molar-refractivity contribution in [3.8, 4) is 89.0 Å². The van der Waals surface area contributed by atoms with Crippen molar-refractivity contribution in [2.24, 2.45) is 0 Å². The number of fused-ring (bicyclic) bond motifs is 3. The Morgan fingerprint density at radius 1 is 0.118 bits per heavy atom. The summed E-state index contributed by atoms with van der Waals surface area (Å²) in [6.45, 7) is 0. The van der Waals surface area contributed by atoms with E-state index in [4.69, 9.17) is 0 Å². The lowest BCUT2D eigenvalue weighted by atomic mass is 9.80. The van der Waals surface area contributed by atoms with Gasteiger partial charge in [0.15, 0.2) is 0 Å². The van der Waals surface area contributed by atoms with Crippen molar-refractivity contribution in [3.05, 3.63) is 291 Å². The summed E-state index contributed by atoms with van der Waals surface area (Å²) >= 11 is 0. The van der Waals surface area contributed by atoms with Crippen LogP contribution in [0.15, 0.2) is 291 Å². The summed E-state index contributed by atoms with van der Waals surface area (Å²) in [5.41, 5.74) is 19.5. The molecule has 352 valence electrons. The van der Waals surface area contributed by atoms with Crippen molar-refractivity contribution in [1.82, 2.24) is 0 Å². The first-order valence-electron chi connectivity index (χ1n) is 26.4. The summed E-state index contributed by atoms with van der Waals surface area (Å²) in [5, 5.41) is 14.9. The maximum absolute atomic E-state index is 2.51. The van der Waals surface area contributed by atoms with Crippen LogP contribution in [-0.4, -0.2) is 0 Å². The Bertz CT molecular complexity index is 4560. The Labute approximate surface area is 442 Å². The Balaban J connectivity index is 1.09. The van der Waals surface area contributed by atoms with E-state index >= 15 is 0 Å². The van der Waals surface area contributed by atoms with Crippen molar-refractivity contribution in [1.29, 1.82) is 0 Å². The summed E-state index contributed by atoms with van der Waals surface area (Å²) in [7, 11) is 0. The third-order valence-electron chi connectivity index (χ3n) is 16.1. The molecule has 15 rings (SSSR count). The smallest absolute Gasteiger partial charge is 0.00139 e. The lowest BCUT2D eigenvalue weighted by Gasteiger charge is -2.23. The molecular weight excluding hydrogens is 913 g/mol. The zero-order valence-corrected chi connectivity index (χ0v) is 41.7. The highest BCUT2D eigenvalue weighted by molar-refractivity contribution is 6.33. The summed E-state index contributed by atoms with van der Waals surface area (Å²) in [6.07, 6.45) is 0. The predicted octanol–water partition coefficient (Wildman–Crippen LogP) is 21.4. The molecule has 0 fully saturated rings. The zero-order chi connectivity index (χ0) is 50.1. The summed E-state index contributed by atoms with van der Waals surface area (Å²) in [4.78, 5) is 0. The van der Waals surface area contributed by atoms with Crippen molar-refractivity contribution >= 4 is 64.6 Å². The van der Waals surface area contributed by atoms with E-state index in [9.17, 15) is 0 Å². The molecule has 0 nitrogen and oxygen atoms in total. The molecule has 15 aromatic rings. The molecule has 0 unspecified atom stereocenters. The molecule has 0 saturated carbocycles. The topological polar surface area (TPSA) is 0 Å². The SMILES string of the molecule is c1ccc(-c2cccc(-c3cc(-c4ccc(-c5ccccc5)c5ccccc45)c4ccc5c(-c6ccc(-c7ccccc7)c7ccccc67)cc(-c6ccc(-c7ccccc7)c7ccccc67)c6ccc3c4c65)c2)cc1. The van der Waals surface area contributed by atoms with E-state index in [1.54, 1.807) is 0 Å². The maximum Gasteiger partial charge on any atom is -0.00139 e. The van der Waals surface area contributed by atoms with Gasteiger partial charge in [-0.1, -0.05) is 273 Å². The second-order valence-corrected chi connectivity index (χ2v) is 20.2. The molecule has 0 amide bonds. The molecule has 0 aliphatic heterocycles. The molecule has 0 atom stereocenters. The lowest BCUT2D eigenvalue weighted by molar-refractivity contribution is 1.60. The van der Waals surface area contributed by atoms with Gasteiger partial charge in [0.05, 0.1) is 0 Å². The molecule has 0 N–H and O–H groups in total. The zero-order valence-electron chi connectivity index (χ0n) is 41.7. The van der Waals surface area contributed by atoms with Gasteiger partial charge in [0, 0.05) is 0 Å². The van der Waals surface area contributed by atoms with Gasteiger partial charge in [-0.2, -0.15) is 0 Å². The Morgan fingerprint density at radius 2 is 0.382 bits per heavy atom. The normalized spacial score (nSPS) is 11.7. The molecule has 0 aromatic heterocycles. The van der Waals surface area contributed by atoms with Gasteiger partial charge < -0.3 is 0 Å². The van der Waals surface area contributed by atoms with E-state index in [2.05, 4.69) is 291 Å². The van der Waals surface area contributed by atoms with Crippen LogP contribution in [0.3, 0.4) is 0 Å². The molecule has 0 spiro atoms. The molecule has 0 saturated heterocycles. The largest absolute Gasteiger partial charge is 0.0622 e. The molecule has 0 radical (unpaired) electrons. The Hall–Kier alpha value is -9.88. The summed E-state index contributed by atoms with van der Waals surface area (Å²) < 4.78 is 0. The first kappa shape index (κ1) is 43.7. The number of hydrogen-bond acceptors (Lipinski definition) is 0. The third kappa shape index (κ3) is 7.07. The van der Waals surface area contributed by atoms with E-state index in [0.29, 0.717) is 0 Å². The third-order valence-corrected chi connectivity index (χ3v) is 16.1. The molecule has 15 aromatic carbocycles. The highest BCUT2D eigenvalue weighted by Crippen LogP contribution is 2.52. The second kappa shape index (κ2) is 18.0. The summed E-state index contributed by atoms with van der Waals surface area (Å²) in [6, 6.07) is 108. The van der Waals surface area contributed by atoms with Crippen LogP contribution >= 0.6 is 0 Å². The van der Waals surface area contributed by atoms with Crippen LogP contribution in [-0.2, 0) is 0 Å². The van der Waals surface area contributed by atoms with Gasteiger partial charge in [0.2, 0.25) is 0 Å². The minimum atomic E-state index is 1.19. The summed E-state index contributed by atoms with van der Waals surface area (Å²) in [5.74, 6) is 0. The van der Waals surface area contributed by atoms with Crippen LogP contribution in [0.25, 0.3) is 154 Å². The predicted molar refractivity (Wildman–Crippen MR) is 326 cm³/mol. The quantitative estimate of drug-likeness (QED) is 0.133. The maximum atomic E-state index is 2.51. The average molecular weight is 961 g/mol. The van der Waals surface area contributed by atoms with Gasteiger partial charge in [-0.15, -0.1) is 0 Å². The van der Waals surface area contributed by atoms with Crippen molar-refractivity contribution in [2.75, 3.05) is 0 Å². The van der Waals surface area contributed by atoms with E-state index < -0.39 is 0 Å². The molecule has 0 bridgehead atoms. The van der Waals surface area contributed by atoms with Crippen LogP contribution in [0, 0.1) is 0 Å². The molecule has 0 aliphatic rings. The first-order valence-corrected chi connectivity index (χ1v) is 26.4. The fraction of sp³-hybridized carbons (Fsp3) is 0. The first-order chi connectivity index (χ1) is 37.7. The van der Waals surface area contributed by atoms with Crippen molar-refractivity contribution in [2.45, 2.75) is 0 Å². The van der Waals surface area contributed by atoms with Crippen LogP contribution in [0.5, 0.6) is 0 Å². The van der Waals surface area contributed by atoms with E-state index in [1.165, 1.54) is 154 Å². The lowest BCUT2D eigenvalue weighted by Crippen LogP contribution is -1.96. The van der Waals surface area contributed by atoms with Gasteiger partial charge in [0.25, 0.3) is 0 Å². The van der Waals surface area contributed by atoms with Gasteiger partial charge in [-0.25, -0.2) is 0 Å². The van der Waals surface area contributed by atoms with Crippen LogP contribution in [0.1, 0.15) is 0 Å². The fourth-order valence-electron chi connectivity index (χ4n) is 12.6. The van der Waals surface area contributed by atoms with Crippen molar-refractivity contribution < 1.29 is 0 Å². The van der Waals surface area contributed by atoms with Gasteiger partial charge in [0.1, 0.15) is 0 Å². The van der Waals surface area contributed by atoms with E-state index in [1.807, 2.05) is 0 Å². The van der Waals surface area contributed by atoms with Gasteiger partial charge >= 0.3 is 0 Å². The Kier molecular flexibility index (Phi) is 10.3. The minimum absolute atomic E-state index is 1.19. The van der Waals surface area contributed by atoms with Gasteiger partial charge in [-0.05, 0) is 172 Å². The van der Waals surface area contributed by atoms with Crippen LogP contribution in [0.2, 0.25) is 0 Å². The fourth-order valence-corrected chi connectivity index (χ4v) is 12.6.